The van der Waals surface area contributed by atoms with Crippen molar-refractivity contribution in [3.05, 3.63) is 22.4 Å². The van der Waals surface area contributed by atoms with Crippen LogP contribution < -0.4 is 10.6 Å². The Morgan fingerprint density at radius 3 is 2.77 bits per heavy atom. The van der Waals surface area contributed by atoms with Gasteiger partial charge in [0.15, 0.2) is 5.96 Å². The molecule has 1 saturated heterocycles. The number of thiophene rings is 1. The fourth-order valence-electron chi connectivity index (χ4n) is 3.57. The Bertz CT molecular complexity index is 528. The summed E-state index contributed by atoms with van der Waals surface area (Å²) in [5.41, 5.74) is 0.180. The monoisotopic (exact) mass is 493 g/mol. The highest BCUT2D eigenvalue weighted by Gasteiger charge is 2.35. The molecule has 0 saturated carbocycles. The molecule has 1 aliphatic heterocycles. The minimum Gasteiger partial charge on any atom is -0.377 e. The topological polar surface area (TPSA) is 45.7 Å². The van der Waals surface area contributed by atoms with Gasteiger partial charge in [-0.05, 0) is 42.0 Å². The zero-order chi connectivity index (χ0) is 18.3. The van der Waals surface area contributed by atoms with Gasteiger partial charge in [-0.2, -0.15) is 0 Å². The van der Waals surface area contributed by atoms with Crippen LogP contribution in [-0.2, 0) is 11.2 Å². The predicted molar refractivity (Wildman–Crippen MR) is 124 cm³/mol. The third-order valence-corrected chi connectivity index (χ3v) is 5.70. The third kappa shape index (κ3) is 7.72. The number of nitrogens with one attached hydrogen (secondary N) is 2. The molecule has 2 N–H and O–H groups in total. The molecule has 150 valence electrons. The van der Waals surface area contributed by atoms with E-state index in [0.29, 0.717) is 17.9 Å². The standard InChI is InChI=1S/C20H35N3OS.HI/c1-15(12-17-9-7-11-25-17)13-22-19(21-5)23-14-16-8-6-10-24-18(16)20(2,3)4;/h7,9,11,15-16,18H,6,8,10,12-14H2,1-5H3,(H2,21,22,23);1H. The van der Waals surface area contributed by atoms with Crippen molar-refractivity contribution in [1.82, 2.24) is 10.6 Å². The van der Waals surface area contributed by atoms with E-state index < -0.39 is 0 Å². The average molecular weight is 493 g/mol. The summed E-state index contributed by atoms with van der Waals surface area (Å²) in [6, 6.07) is 4.34. The molecule has 2 rings (SSSR count). The van der Waals surface area contributed by atoms with Gasteiger partial charge < -0.3 is 15.4 Å². The first-order chi connectivity index (χ1) is 11.9. The first-order valence-electron chi connectivity index (χ1n) is 9.48. The molecule has 3 atom stereocenters. The van der Waals surface area contributed by atoms with Gasteiger partial charge in [-0.1, -0.05) is 33.8 Å². The van der Waals surface area contributed by atoms with Crippen LogP contribution in [0.4, 0.5) is 0 Å². The molecule has 2 heterocycles. The number of halogens is 1. The molecule has 0 radical (unpaired) electrons. The Morgan fingerprint density at radius 1 is 1.38 bits per heavy atom. The lowest BCUT2D eigenvalue weighted by molar-refractivity contribution is -0.0835. The lowest BCUT2D eigenvalue weighted by Gasteiger charge is -2.40. The maximum atomic E-state index is 6.08. The second-order valence-electron chi connectivity index (χ2n) is 8.28. The lowest BCUT2D eigenvalue weighted by Crippen LogP contribution is -2.48. The van der Waals surface area contributed by atoms with Crippen LogP contribution in [0.15, 0.2) is 22.5 Å². The highest BCUT2D eigenvalue weighted by atomic mass is 127. The van der Waals surface area contributed by atoms with Crippen LogP contribution in [0.3, 0.4) is 0 Å². The van der Waals surface area contributed by atoms with Crippen molar-refractivity contribution in [3.63, 3.8) is 0 Å². The van der Waals surface area contributed by atoms with Crippen LogP contribution in [0.1, 0.15) is 45.4 Å². The molecule has 0 amide bonds. The minimum absolute atomic E-state index is 0. The number of nitrogens with zero attached hydrogens (tertiary/aromatic N) is 1. The van der Waals surface area contributed by atoms with E-state index in [0.717, 1.165) is 38.5 Å². The van der Waals surface area contributed by atoms with Crippen molar-refractivity contribution in [1.29, 1.82) is 0 Å². The second kappa shape index (κ2) is 11.5. The van der Waals surface area contributed by atoms with E-state index in [9.17, 15) is 0 Å². The van der Waals surface area contributed by atoms with Gasteiger partial charge in [-0.3, -0.25) is 4.99 Å². The molecule has 1 aliphatic rings. The number of aliphatic imine (C=N–C) groups is 1. The van der Waals surface area contributed by atoms with Gasteiger partial charge in [-0.25, -0.2) is 0 Å². The molecule has 3 unspecified atom stereocenters. The molecule has 1 aromatic rings. The van der Waals surface area contributed by atoms with Crippen molar-refractivity contribution in [3.8, 4) is 0 Å². The van der Waals surface area contributed by atoms with Crippen LogP contribution in [0.2, 0.25) is 0 Å². The van der Waals surface area contributed by atoms with E-state index in [1.54, 1.807) is 0 Å². The van der Waals surface area contributed by atoms with E-state index >= 15 is 0 Å². The zero-order valence-corrected chi connectivity index (χ0v) is 20.0. The van der Waals surface area contributed by atoms with E-state index in [2.05, 4.69) is 60.8 Å². The highest BCUT2D eigenvalue weighted by molar-refractivity contribution is 14.0. The summed E-state index contributed by atoms with van der Waals surface area (Å²) in [5, 5.41) is 9.14. The Labute approximate surface area is 180 Å². The number of hydrogen-bond acceptors (Lipinski definition) is 3. The Balaban J connectivity index is 0.00000338. The largest absolute Gasteiger partial charge is 0.377 e. The van der Waals surface area contributed by atoms with Crippen LogP contribution >= 0.6 is 35.3 Å². The average Bonchev–Trinajstić information content (AvgIpc) is 3.07. The van der Waals surface area contributed by atoms with Crippen LogP contribution in [-0.4, -0.2) is 38.8 Å². The van der Waals surface area contributed by atoms with Crippen molar-refractivity contribution in [2.24, 2.45) is 22.2 Å². The normalized spacial score (nSPS) is 22.4. The third-order valence-electron chi connectivity index (χ3n) is 4.80. The van der Waals surface area contributed by atoms with Crippen LogP contribution in [0, 0.1) is 17.3 Å². The molecular formula is C20H36IN3OS. The van der Waals surface area contributed by atoms with Gasteiger partial charge in [0.25, 0.3) is 0 Å². The Kier molecular flexibility index (Phi) is 10.5. The highest BCUT2D eigenvalue weighted by Crippen LogP contribution is 2.33. The summed E-state index contributed by atoms with van der Waals surface area (Å²) < 4.78 is 6.08. The molecule has 6 heteroatoms. The fraction of sp³-hybridized carbons (Fsp3) is 0.750. The molecule has 1 fully saturated rings. The van der Waals surface area contributed by atoms with Crippen molar-refractivity contribution < 1.29 is 4.74 Å². The SMILES string of the molecule is CN=C(NCC(C)Cc1cccs1)NCC1CCCOC1C(C)(C)C.I. The number of rotatable bonds is 6. The quantitative estimate of drug-likeness (QED) is 0.347. The molecule has 4 nitrogen and oxygen atoms in total. The lowest BCUT2D eigenvalue weighted by atomic mass is 9.78. The van der Waals surface area contributed by atoms with Crippen LogP contribution in [0.25, 0.3) is 0 Å². The van der Waals surface area contributed by atoms with E-state index in [1.165, 1.54) is 11.3 Å². The van der Waals surface area contributed by atoms with Gasteiger partial charge in [0.1, 0.15) is 0 Å². The van der Waals surface area contributed by atoms with E-state index in [1.807, 2.05) is 18.4 Å². The minimum atomic E-state index is 0. The summed E-state index contributed by atoms with van der Waals surface area (Å²) in [5.74, 6) is 2.02. The molecule has 0 aliphatic carbocycles. The van der Waals surface area contributed by atoms with Crippen molar-refractivity contribution >= 4 is 41.3 Å². The van der Waals surface area contributed by atoms with Gasteiger partial charge in [0, 0.05) is 37.5 Å². The molecule has 0 aromatic carbocycles. The van der Waals surface area contributed by atoms with Gasteiger partial charge in [-0.15, -0.1) is 35.3 Å². The fourth-order valence-corrected chi connectivity index (χ4v) is 4.44. The van der Waals surface area contributed by atoms with Gasteiger partial charge in [0.05, 0.1) is 6.10 Å². The molecule has 1 aromatic heterocycles. The van der Waals surface area contributed by atoms with Crippen molar-refractivity contribution in [2.45, 2.75) is 53.1 Å². The van der Waals surface area contributed by atoms with Crippen molar-refractivity contribution in [2.75, 3.05) is 26.7 Å². The van der Waals surface area contributed by atoms with Gasteiger partial charge >= 0.3 is 0 Å². The summed E-state index contributed by atoms with van der Waals surface area (Å²) >= 11 is 1.84. The summed E-state index contributed by atoms with van der Waals surface area (Å²) in [7, 11) is 1.85. The second-order valence-corrected chi connectivity index (χ2v) is 9.31. The first-order valence-corrected chi connectivity index (χ1v) is 10.4. The molecular weight excluding hydrogens is 457 g/mol. The first kappa shape index (κ1) is 23.7. The molecule has 0 bridgehead atoms. The molecule has 26 heavy (non-hydrogen) atoms. The maximum absolute atomic E-state index is 6.08. The summed E-state index contributed by atoms with van der Waals surface area (Å²) in [6.07, 6.45) is 3.80. The van der Waals surface area contributed by atoms with E-state index in [4.69, 9.17) is 4.74 Å². The Hall–Kier alpha value is -0.340. The maximum Gasteiger partial charge on any atom is 0.190 e. The summed E-state index contributed by atoms with van der Waals surface area (Å²) in [6.45, 7) is 11.8. The molecule has 0 spiro atoms. The van der Waals surface area contributed by atoms with E-state index in [-0.39, 0.29) is 29.4 Å². The van der Waals surface area contributed by atoms with Gasteiger partial charge in [0.2, 0.25) is 0 Å². The summed E-state index contributed by atoms with van der Waals surface area (Å²) in [4.78, 5) is 5.83. The Morgan fingerprint density at radius 2 is 2.15 bits per heavy atom. The number of hydrogen-bond donors (Lipinski definition) is 2. The van der Waals surface area contributed by atoms with Crippen LogP contribution in [0.5, 0.6) is 0 Å². The zero-order valence-electron chi connectivity index (χ0n) is 16.9. The smallest absolute Gasteiger partial charge is 0.190 e. The predicted octanol–water partition coefficient (Wildman–Crippen LogP) is 4.55. The number of guanidine groups is 1. The number of ether oxygens (including phenoxy) is 1.